The third-order valence-electron chi connectivity index (χ3n) is 3.65. The van der Waals surface area contributed by atoms with Crippen LogP contribution in [0.4, 0.5) is 8.78 Å². The van der Waals surface area contributed by atoms with Gasteiger partial charge in [0.15, 0.2) is 11.7 Å². The molecule has 0 fully saturated rings. The summed E-state index contributed by atoms with van der Waals surface area (Å²) in [4.78, 5) is 16.0. The average molecular weight is 378 g/mol. The molecule has 0 saturated carbocycles. The van der Waals surface area contributed by atoms with Crippen LogP contribution in [0, 0.1) is 18.6 Å². The first-order chi connectivity index (χ1) is 12.4. The van der Waals surface area contributed by atoms with Crippen molar-refractivity contribution in [2.45, 2.75) is 19.8 Å². The number of hydrogen-bond donors (Lipinski definition) is 0. The maximum absolute atomic E-state index is 13.8. The molecule has 0 amide bonds. The zero-order valence-electron chi connectivity index (χ0n) is 13.8. The number of esters is 1. The molecule has 3 rings (SSSR count). The van der Waals surface area contributed by atoms with Gasteiger partial charge in [0.2, 0.25) is 0 Å². The first-order valence-corrected chi connectivity index (χ1v) is 8.17. The number of halogens is 3. The van der Waals surface area contributed by atoms with E-state index in [2.05, 4.69) is 4.98 Å². The van der Waals surface area contributed by atoms with Gasteiger partial charge in [-0.2, -0.15) is 0 Å². The summed E-state index contributed by atoms with van der Waals surface area (Å²) in [5, 5.41) is 0.558. The molecule has 0 N–H and O–H groups in total. The van der Waals surface area contributed by atoms with Crippen molar-refractivity contribution in [2.75, 3.05) is 0 Å². The second-order valence-electron chi connectivity index (χ2n) is 5.63. The molecule has 0 aliphatic rings. The van der Waals surface area contributed by atoms with Crippen LogP contribution in [0.25, 0.3) is 11.3 Å². The minimum atomic E-state index is -0.745. The summed E-state index contributed by atoms with van der Waals surface area (Å²) in [5.41, 5.74) is 0.848. The standard InChI is InChI=1S/C19H14ClF2NO3/c1-11-8-12(20)2-5-16(11)26-19(24)7-6-18-23-10-17(25-18)14-4-3-13(21)9-15(14)22/h2-5,8-10H,6-7H2,1H3. The van der Waals surface area contributed by atoms with Gasteiger partial charge < -0.3 is 9.15 Å². The molecule has 2 aromatic carbocycles. The molecule has 0 atom stereocenters. The topological polar surface area (TPSA) is 52.3 Å². The maximum Gasteiger partial charge on any atom is 0.311 e. The first-order valence-electron chi connectivity index (χ1n) is 7.79. The number of ether oxygens (including phenoxy) is 1. The van der Waals surface area contributed by atoms with Gasteiger partial charge in [-0.3, -0.25) is 4.79 Å². The van der Waals surface area contributed by atoms with E-state index in [-0.39, 0.29) is 30.1 Å². The third kappa shape index (κ3) is 4.26. The zero-order chi connectivity index (χ0) is 18.7. The summed E-state index contributed by atoms with van der Waals surface area (Å²) in [6, 6.07) is 8.12. The van der Waals surface area contributed by atoms with Crippen molar-refractivity contribution in [3.63, 3.8) is 0 Å². The van der Waals surface area contributed by atoms with Crippen molar-refractivity contribution < 1.29 is 22.7 Å². The number of nitrogens with zero attached hydrogens (tertiary/aromatic N) is 1. The monoisotopic (exact) mass is 377 g/mol. The molecule has 0 spiro atoms. The van der Waals surface area contributed by atoms with Crippen LogP contribution < -0.4 is 4.74 Å². The highest BCUT2D eigenvalue weighted by atomic mass is 35.5. The third-order valence-corrected chi connectivity index (χ3v) is 3.89. The van der Waals surface area contributed by atoms with Crippen LogP contribution in [0.3, 0.4) is 0 Å². The number of benzene rings is 2. The number of hydrogen-bond acceptors (Lipinski definition) is 4. The number of aryl methyl sites for hydroxylation is 2. The lowest BCUT2D eigenvalue weighted by Gasteiger charge is -2.06. The van der Waals surface area contributed by atoms with E-state index >= 15 is 0 Å². The van der Waals surface area contributed by atoms with Gasteiger partial charge in [-0.05, 0) is 42.8 Å². The van der Waals surface area contributed by atoms with E-state index in [0.29, 0.717) is 10.8 Å². The Morgan fingerprint density at radius 2 is 2.04 bits per heavy atom. The molecule has 1 aromatic heterocycles. The number of carbonyl (C=O) groups is 1. The van der Waals surface area contributed by atoms with Crippen molar-refractivity contribution in [3.8, 4) is 17.1 Å². The van der Waals surface area contributed by atoms with Crippen LogP contribution >= 0.6 is 11.6 Å². The molecule has 7 heteroatoms. The average Bonchev–Trinajstić information content (AvgIpc) is 3.04. The Morgan fingerprint density at radius 1 is 1.23 bits per heavy atom. The first kappa shape index (κ1) is 18.1. The van der Waals surface area contributed by atoms with Crippen LogP contribution in [0.1, 0.15) is 17.9 Å². The Morgan fingerprint density at radius 3 is 2.77 bits per heavy atom. The Kier molecular flexibility index (Phi) is 5.32. The van der Waals surface area contributed by atoms with E-state index in [9.17, 15) is 13.6 Å². The minimum Gasteiger partial charge on any atom is -0.441 e. The molecule has 4 nitrogen and oxygen atoms in total. The Hall–Kier alpha value is -2.73. The molecule has 134 valence electrons. The number of aromatic nitrogens is 1. The summed E-state index contributed by atoms with van der Waals surface area (Å²) in [5.74, 6) is -1.02. The molecule has 0 aliphatic carbocycles. The molecule has 0 radical (unpaired) electrons. The largest absolute Gasteiger partial charge is 0.441 e. The minimum absolute atomic E-state index is 0.0356. The van der Waals surface area contributed by atoms with E-state index in [1.165, 1.54) is 12.3 Å². The fourth-order valence-corrected chi connectivity index (χ4v) is 2.58. The molecule has 0 bridgehead atoms. The quantitative estimate of drug-likeness (QED) is 0.457. The second-order valence-corrected chi connectivity index (χ2v) is 6.06. The number of rotatable bonds is 5. The van der Waals surface area contributed by atoms with Crippen molar-refractivity contribution in [1.29, 1.82) is 0 Å². The van der Waals surface area contributed by atoms with Crippen molar-refractivity contribution in [1.82, 2.24) is 4.98 Å². The van der Waals surface area contributed by atoms with E-state index in [1.807, 2.05) is 0 Å². The lowest BCUT2D eigenvalue weighted by molar-refractivity contribution is -0.134. The molecular formula is C19H14ClF2NO3. The summed E-state index contributed by atoms with van der Waals surface area (Å²) < 4.78 is 37.4. The predicted octanol–water partition coefficient (Wildman–Crippen LogP) is 5.12. The van der Waals surface area contributed by atoms with Gasteiger partial charge in [0.1, 0.15) is 17.4 Å². The second kappa shape index (κ2) is 7.66. The summed E-state index contributed by atoms with van der Waals surface area (Å²) >= 11 is 5.86. The fourth-order valence-electron chi connectivity index (χ4n) is 2.35. The van der Waals surface area contributed by atoms with Crippen molar-refractivity contribution in [2.24, 2.45) is 0 Å². The van der Waals surface area contributed by atoms with Gasteiger partial charge >= 0.3 is 5.97 Å². The van der Waals surface area contributed by atoms with Crippen molar-refractivity contribution in [3.05, 3.63) is 70.7 Å². The molecule has 0 saturated heterocycles. The van der Waals surface area contributed by atoms with E-state index in [1.54, 1.807) is 25.1 Å². The van der Waals surface area contributed by atoms with Crippen LogP contribution in [-0.2, 0) is 11.2 Å². The van der Waals surface area contributed by atoms with Gasteiger partial charge in [0.05, 0.1) is 18.2 Å². The van der Waals surface area contributed by atoms with Crippen LogP contribution in [0.5, 0.6) is 5.75 Å². The molecular weight excluding hydrogens is 364 g/mol. The van der Waals surface area contributed by atoms with Crippen LogP contribution in [0.2, 0.25) is 5.02 Å². The lowest BCUT2D eigenvalue weighted by atomic mass is 10.2. The molecule has 0 aliphatic heterocycles. The predicted molar refractivity (Wildman–Crippen MR) is 92.0 cm³/mol. The maximum atomic E-state index is 13.8. The molecule has 26 heavy (non-hydrogen) atoms. The molecule has 3 aromatic rings. The van der Waals surface area contributed by atoms with E-state index in [4.69, 9.17) is 20.8 Å². The lowest BCUT2D eigenvalue weighted by Crippen LogP contribution is -2.09. The Balaban J connectivity index is 1.61. The highest BCUT2D eigenvalue weighted by molar-refractivity contribution is 6.30. The van der Waals surface area contributed by atoms with E-state index in [0.717, 1.165) is 17.7 Å². The number of carbonyl (C=O) groups excluding carboxylic acids is 1. The SMILES string of the molecule is Cc1cc(Cl)ccc1OC(=O)CCc1ncc(-c2ccc(F)cc2F)o1. The van der Waals surface area contributed by atoms with Crippen molar-refractivity contribution >= 4 is 17.6 Å². The zero-order valence-corrected chi connectivity index (χ0v) is 14.5. The van der Waals surface area contributed by atoms with Gasteiger partial charge in [-0.25, -0.2) is 13.8 Å². The van der Waals surface area contributed by atoms with Gasteiger partial charge in [-0.1, -0.05) is 11.6 Å². The summed E-state index contributed by atoms with van der Waals surface area (Å²) in [6.07, 6.45) is 1.56. The smallest absolute Gasteiger partial charge is 0.311 e. The summed E-state index contributed by atoms with van der Waals surface area (Å²) in [7, 11) is 0. The Labute approximate surface area is 153 Å². The highest BCUT2D eigenvalue weighted by Gasteiger charge is 2.14. The highest BCUT2D eigenvalue weighted by Crippen LogP contribution is 2.25. The van der Waals surface area contributed by atoms with Crippen LogP contribution in [-0.4, -0.2) is 11.0 Å². The molecule has 0 unspecified atom stereocenters. The fraction of sp³-hybridized carbons (Fsp3) is 0.158. The summed E-state index contributed by atoms with van der Waals surface area (Å²) in [6.45, 7) is 1.78. The van der Waals surface area contributed by atoms with E-state index < -0.39 is 17.6 Å². The normalized spacial score (nSPS) is 10.8. The van der Waals surface area contributed by atoms with Gasteiger partial charge in [-0.15, -0.1) is 0 Å². The van der Waals surface area contributed by atoms with Gasteiger partial charge in [0.25, 0.3) is 0 Å². The Bertz CT molecular complexity index is 956. The molecule has 1 heterocycles. The van der Waals surface area contributed by atoms with Crippen LogP contribution in [0.15, 0.2) is 47.0 Å². The van der Waals surface area contributed by atoms with Gasteiger partial charge in [0, 0.05) is 17.5 Å². The number of oxazole rings is 1.